The van der Waals surface area contributed by atoms with Crippen LogP contribution in [0.3, 0.4) is 0 Å². The van der Waals surface area contributed by atoms with Gasteiger partial charge in [-0.25, -0.2) is 0 Å². The van der Waals surface area contributed by atoms with Crippen molar-refractivity contribution in [3.63, 3.8) is 0 Å². The van der Waals surface area contributed by atoms with Crippen molar-refractivity contribution in [3.05, 3.63) is 35.9 Å². The average molecular weight is 306 g/mol. The molecule has 1 heterocycles. The Balaban J connectivity index is 1.96. The SMILES string of the molecule is CC[C@@H]1C(=O)O[C@@H](COCc2ccccc2)[C@H]1[Si](C)(C)C. The van der Waals surface area contributed by atoms with Crippen molar-refractivity contribution in [1.29, 1.82) is 0 Å². The Kier molecular flexibility index (Phi) is 5.22. The predicted octanol–water partition coefficient (Wildman–Crippen LogP) is 3.86. The van der Waals surface area contributed by atoms with E-state index in [0.717, 1.165) is 12.0 Å². The molecule has 0 N–H and O–H groups in total. The molecule has 1 aromatic rings. The Bertz CT molecular complexity index is 467. The molecule has 3 nitrogen and oxygen atoms in total. The molecular formula is C17H26O3Si. The number of hydrogen-bond donors (Lipinski definition) is 0. The summed E-state index contributed by atoms with van der Waals surface area (Å²) in [6.07, 6.45) is 0.793. The Morgan fingerprint density at radius 2 is 1.86 bits per heavy atom. The molecule has 0 aromatic heterocycles. The maximum absolute atomic E-state index is 12.1. The van der Waals surface area contributed by atoms with Crippen molar-refractivity contribution < 1.29 is 14.3 Å². The van der Waals surface area contributed by atoms with Gasteiger partial charge in [-0.05, 0) is 12.0 Å². The van der Waals surface area contributed by atoms with Gasteiger partial charge in [0.2, 0.25) is 0 Å². The average Bonchev–Trinajstić information content (AvgIpc) is 2.76. The van der Waals surface area contributed by atoms with Crippen LogP contribution in [-0.4, -0.2) is 26.8 Å². The van der Waals surface area contributed by atoms with Gasteiger partial charge in [-0.15, -0.1) is 0 Å². The van der Waals surface area contributed by atoms with Crippen LogP contribution in [0, 0.1) is 5.92 Å². The molecule has 0 radical (unpaired) electrons. The van der Waals surface area contributed by atoms with E-state index in [0.29, 0.717) is 18.8 Å². The number of carbonyl (C=O) groups is 1. The fourth-order valence-electron chi connectivity index (χ4n) is 3.30. The van der Waals surface area contributed by atoms with Crippen molar-refractivity contribution in [2.24, 2.45) is 5.92 Å². The minimum Gasteiger partial charge on any atom is -0.460 e. The van der Waals surface area contributed by atoms with Crippen molar-refractivity contribution in [3.8, 4) is 0 Å². The van der Waals surface area contributed by atoms with E-state index in [-0.39, 0.29) is 18.0 Å². The van der Waals surface area contributed by atoms with Crippen LogP contribution in [-0.2, 0) is 20.9 Å². The standard InChI is InChI=1S/C17H26O3Si/c1-5-14-16(21(2,3)4)15(20-17(14)18)12-19-11-13-9-7-6-8-10-13/h6-10,14-16H,5,11-12H2,1-4H3/t14-,15-,16-/m0/s1. The number of benzene rings is 1. The Morgan fingerprint density at radius 1 is 1.19 bits per heavy atom. The summed E-state index contributed by atoms with van der Waals surface area (Å²) in [5, 5.41) is 0. The van der Waals surface area contributed by atoms with E-state index in [1.807, 2.05) is 30.3 Å². The minimum absolute atomic E-state index is 0.0294. The van der Waals surface area contributed by atoms with Crippen LogP contribution in [0.5, 0.6) is 0 Å². The molecule has 2 rings (SSSR count). The highest BCUT2D eigenvalue weighted by molar-refractivity contribution is 6.78. The number of esters is 1. The second-order valence-corrected chi connectivity index (χ2v) is 12.3. The molecule has 1 aliphatic heterocycles. The van der Waals surface area contributed by atoms with Crippen LogP contribution < -0.4 is 0 Å². The van der Waals surface area contributed by atoms with Crippen LogP contribution in [0.15, 0.2) is 30.3 Å². The summed E-state index contributed by atoms with van der Waals surface area (Å²) < 4.78 is 11.4. The largest absolute Gasteiger partial charge is 0.460 e. The highest BCUT2D eigenvalue weighted by atomic mass is 28.3. The molecule has 0 saturated carbocycles. The van der Waals surface area contributed by atoms with Crippen LogP contribution in [0.1, 0.15) is 18.9 Å². The Hall–Kier alpha value is -1.13. The normalized spacial score (nSPS) is 25.9. The second-order valence-electron chi connectivity index (χ2n) is 6.88. The molecule has 0 bridgehead atoms. The van der Waals surface area contributed by atoms with Gasteiger partial charge in [-0.3, -0.25) is 4.79 Å². The number of carbonyl (C=O) groups excluding carboxylic acids is 1. The molecular weight excluding hydrogens is 280 g/mol. The van der Waals surface area contributed by atoms with Crippen molar-refractivity contribution in [1.82, 2.24) is 0 Å². The second kappa shape index (κ2) is 6.75. The molecule has 21 heavy (non-hydrogen) atoms. The van der Waals surface area contributed by atoms with Crippen LogP contribution in [0.4, 0.5) is 0 Å². The molecule has 116 valence electrons. The zero-order valence-corrected chi connectivity index (χ0v) is 14.5. The molecule has 0 aliphatic carbocycles. The first-order valence-electron chi connectivity index (χ1n) is 7.75. The lowest BCUT2D eigenvalue weighted by atomic mass is 10.0. The van der Waals surface area contributed by atoms with Gasteiger partial charge in [0.05, 0.1) is 27.2 Å². The molecule has 1 aromatic carbocycles. The fourth-order valence-corrected chi connectivity index (χ4v) is 6.16. The van der Waals surface area contributed by atoms with Crippen LogP contribution >= 0.6 is 0 Å². The first kappa shape index (κ1) is 16.2. The summed E-state index contributed by atoms with van der Waals surface area (Å²) >= 11 is 0. The molecule has 1 saturated heterocycles. The van der Waals surface area contributed by atoms with Gasteiger partial charge in [0.1, 0.15) is 6.10 Å². The molecule has 0 spiro atoms. The lowest BCUT2D eigenvalue weighted by molar-refractivity contribution is -0.146. The zero-order valence-electron chi connectivity index (χ0n) is 13.5. The summed E-state index contributed by atoms with van der Waals surface area (Å²) in [6, 6.07) is 10.1. The molecule has 4 heteroatoms. The molecule has 1 aliphatic rings. The van der Waals surface area contributed by atoms with Gasteiger partial charge in [-0.2, -0.15) is 0 Å². The van der Waals surface area contributed by atoms with Gasteiger partial charge < -0.3 is 9.47 Å². The number of cyclic esters (lactones) is 1. The van der Waals surface area contributed by atoms with E-state index in [2.05, 4.69) is 26.6 Å². The Labute approximate surface area is 128 Å². The van der Waals surface area contributed by atoms with E-state index in [1.165, 1.54) is 0 Å². The summed E-state index contributed by atoms with van der Waals surface area (Å²) in [5.41, 5.74) is 1.50. The fraction of sp³-hybridized carbons (Fsp3) is 0.588. The summed E-state index contributed by atoms with van der Waals surface area (Å²) in [6.45, 7) is 10.1. The van der Waals surface area contributed by atoms with Gasteiger partial charge in [0, 0.05) is 5.54 Å². The van der Waals surface area contributed by atoms with E-state index in [4.69, 9.17) is 9.47 Å². The molecule has 1 fully saturated rings. The molecule has 3 atom stereocenters. The van der Waals surface area contributed by atoms with E-state index < -0.39 is 8.07 Å². The third-order valence-corrected chi connectivity index (χ3v) is 7.01. The lowest BCUT2D eigenvalue weighted by Crippen LogP contribution is -2.39. The monoisotopic (exact) mass is 306 g/mol. The van der Waals surface area contributed by atoms with Gasteiger partial charge in [0.25, 0.3) is 0 Å². The number of rotatable bonds is 6. The number of ether oxygens (including phenoxy) is 2. The first-order chi connectivity index (χ1) is 9.93. The van der Waals surface area contributed by atoms with Crippen LogP contribution in [0.2, 0.25) is 25.2 Å². The van der Waals surface area contributed by atoms with E-state index >= 15 is 0 Å². The maximum Gasteiger partial charge on any atom is 0.309 e. The van der Waals surface area contributed by atoms with Crippen molar-refractivity contribution in [2.45, 2.75) is 51.2 Å². The predicted molar refractivity (Wildman–Crippen MR) is 86.9 cm³/mol. The molecule has 0 amide bonds. The topological polar surface area (TPSA) is 35.5 Å². The molecule has 0 unspecified atom stereocenters. The smallest absolute Gasteiger partial charge is 0.309 e. The quantitative estimate of drug-likeness (QED) is 0.591. The van der Waals surface area contributed by atoms with Gasteiger partial charge in [-0.1, -0.05) is 56.9 Å². The van der Waals surface area contributed by atoms with Crippen molar-refractivity contribution >= 4 is 14.0 Å². The lowest BCUT2D eigenvalue weighted by Gasteiger charge is -2.31. The third-order valence-electron chi connectivity index (χ3n) is 4.24. The summed E-state index contributed by atoms with van der Waals surface area (Å²) in [7, 11) is -1.47. The zero-order chi connectivity index (χ0) is 15.5. The number of hydrogen-bond acceptors (Lipinski definition) is 3. The van der Waals surface area contributed by atoms with Gasteiger partial charge >= 0.3 is 5.97 Å². The van der Waals surface area contributed by atoms with Crippen LogP contribution in [0.25, 0.3) is 0 Å². The highest BCUT2D eigenvalue weighted by Crippen LogP contribution is 2.43. The van der Waals surface area contributed by atoms with Gasteiger partial charge in [0.15, 0.2) is 0 Å². The summed E-state index contributed by atoms with van der Waals surface area (Å²) in [5.74, 6) is 0.0280. The Morgan fingerprint density at radius 3 is 2.43 bits per heavy atom. The highest BCUT2D eigenvalue weighted by Gasteiger charge is 2.49. The van der Waals surface area contributed by atoms with E-state index in [1.54, 1.807) is 0 Å². The maximum atomic E-state index is 12.1. The third kappa shape index (κ3) is 3.95. The minimum atomic E-state index is -1.47. The van der Waals surface area contributed by atoms with Crippen molar-refractivity contribution in [2.75, 3.05) is 6.61 Å². The van der Waals surface area contributed by atoms with E-state index in [9.17, 15) is 4.79 Å². The summed E-state index contributed by atoms with van der Waals surface area (Å²) in [4.78, 5) is 12.1. The first-order valence-corrected chi connectivity index (χ1v) is 11.3.